The van der Waals surface area contributed by atoms with E-state index in [0.717, 1.165) is 23.5 Å². The van der Waals surface area contributed by atoms with E-state index < -0.39 is 0 Å². The van der Waals surface area contributed by atoms with Crippen LogP contribution in [0.5, 0.6) is 0 Å². The highest BCUT2D eigenvalue weighted by Gasteiger charge is 2.39. The first-order chi connectivity index (χ1) is 26.6. The molecule has 1 heteroatoms. The minimum Gasteiger partial charge on any atom is -0.309 e. The van der Waals surface area contributed by atoms with Crippen LogP contribution in [0.3, 0.4) is 0 Å². The lowest BCUT2D eigenvalue weighted by Crippen LogP contribution is -2.17. The third kappa shape index (κ3) is 5.23. The van der Waals surface area contributed by atoms with Crippen molar-refractivity contribution in [2.45, 2.75) is 31.6 Å². The van der Waals surface area contributed by atoms with Crippen LogP contribution in [0.1, 0.15) is 42.9 Å². The predicted octanol–water partition coefficient (Wildman–Crippen LogP) is 14.6. The molecule has 0 bridgehead atoms. The Labute approximate surface area is 318 Å². The molecule has 0 heterocycles. The molecule has 8 aromatic rings. The fourth-order valence-corrected chi connectivity index (χ4v) is 9.14. The minimum absolute atomic E-state index is 0.00825. The standard InChI is InChI=1S/C53H41N/c1-53(2)47-24-14-13-23-45(47)46-32-27-41(35-48(46)53)36-25-30-42(31-26-36)54(49-33-28-37-15-9-11-21-43(37)51(49)39-17-5-3-6-18-39)50-34-29-38-16-10-12-22-44(38)52(50)40-19-7-4-8-20-40/h3-26,28-35,41H,27H2,1-2H3. The lowest BCUT2D eigenvalue weighted by Gasteiger charge is -2.32. The molecule has 1 atom stereocenters. The number of hydrogen-bond acceptors (Lipinski definition) is 1. The Morgan fingerprint density at radius 1 is 0.500 bits per heavy atom. The Hall–Kier alpha value is -6.44. The van der Waals surface area contributed by atoms with E-state index in [0.29, 0.717) is 5.92 Å². The summed E-state index contributed by atoms with van der Waals surface area (Å²) >= 11 is 0. The smallest absolute Gasteiger partial charge is 0.0546 e. The summed E-state index contributed by atoms with van der Waals surface area (Å²) in [6.07, 6.45) is 6.03. The first-order valence-corrected chi connectivity index (χ1v) is 19.1. The predicted molar refractivity (Wildman–Crippen MR) is 230 cm³/mol. The van der Waals surface area contributed by atoms with E-state index in [1.54, 1.807) is 0 Å². The highest BCUT2D eigenvalue weighted by atomic mass is 15.1. The zero-order chi connectivity index (χ0) is 36.2. The fourth-order valence-electron chi connectivity index (χ4n) is 9.14. The van der Waals surface area contributed by atoms with Crippen molar-refractivity contribution in [3.63, 3.8) is 0 Å². The largest absolute Gasteiger partial charge is 0.309 e. The maximum Gasteiger partial charge on any atom is 0.0546 e. The van der Waals surface area contributed by atoms with Gasteiger partial charge in [0.15, 0.2) is 0 Å². The fraction of sp³-hybridized carbons (Fsp3) is 0.0943. The van der Waals surface area contributed by atoms with E-state index in [4.69, 9.17) is 0 Å². The van der Waals surface area contributed by atoms with Gasteiger partial charge >= 0.3 is 0 Å². The lowest BCUT2D eigenvalue weighted by atomic mass is 9.77. The normalized spacial score (nSPS) is 15.7. The summed E-state index contributed by atoms with van der Waals surface area (Å²) in [5.74, 6) is 0.320. The van der Waals surface area contributed by atoms with E-state index >= 15 is 0 Å². The highest BCUT2D eigenvalue weighted by molar-refractivity contribution is 6.09. The Kier molecular flexibility index (Phi) is 7.70. The SMILES string of the molecule is CC1(C)C2=CC(c3ccc(N(c4ccc5ccccc5c4-c4ccccc4)c4ccc5ccccc5c4-c4ccccc4)cc3)CC=C2c2ccccc21. The first-order valence-electron chi connectivity index (χ1n) is 19.1. The van der Waals surface area contributed by atoms with E-state index in [9.17, 15) is 0 Å². The zero-order valence-electron chi connectivity index (χ0n) is 30.7. The highest BCUT2D eigenvalue weighted by Crippen LogP contribution is 2.53. The molecule has 258 valence electrons. The van der Waals surface area contributed by atoms with Crippen molar-refractivity contribution >= 4 is 44.2 Å². The third-order valence-electron chi connectivity index (χ3n) is 11.8. The molecule has 8 aromatic carbocycles. The molecule has 1 nitrogen and oxygen atoms in total. The number of allylic oxidation sites excluding steroid dienone is 4. The van der Waals surface area contributed by atoms with Crippen LogP contribution in [-0.2, 0) is 5.41 Å². The molecule has 0 saturated heterocycles. The van der Waals surface area contributed by atoms with Crippen LogP contribution in [0.2, 0.25) is 0 Å². The van der Waals surface area contributed by atoms with E-state index in [1.165, 1.54) is 71.6 Å². The Morgan fingerprint density at radius 2 is 1.02 bits per heavy atom. The summed E-state index contributed by atoms with van der Waals surface area (Å²) < 4.78 is 0. The number of benzene rings is 8. The van der Waals surface area contributed by atoms with Gasteiger partial charge in [-0.25, -0.2) is 0 Å². The maximum atomic E-state index is 2.55. The number of rotatable bonds is 6. The topological polar surface area (TPSA) is 3.24 Å². The van der Waals surface area contributed by atoms with Crippen LogP contribution in [0.4, 0.5) is 17.1 Å². The van der Waals surface area contributed by atoms with Gasteiger partial charge in [-0.1, -0.05) is 184 Å². The minimum atomic E-state index is -0.00825. The summed E-state index contributed by atoms with van der Waals surface area (Å²) in [5.41, 5.74) is 15.3. The molecule has 10 rings (SSSR count). The number of anilines is 3. The van der Waals surface area contributed by atoms with Gasteiger partial charge in [-0.05, 0) is 91.2 Å². The molecule has 0 aliphatic heterocycles. The van der Waals surface area contributed by atoms with Crippen LogP contribution in [0.15, 0.2) is 200 Å². The van der Waals surface area contributed by atoms with E-state index in [-0.39, 0.29) is 5.41 Å². The van der Waals surface area contributed by atoms with Crippen LogP contribution in [-0.4, -0.2) is 0 Å². The Bertz CT molecular complexity index is 2630. The second kappa shape index (κ2) is 12.9. The van der Waals surface area contributed by atoms with Crippen molar-refractivity contribution in [1.82, 2.24) is 0 Å². The molecule has 0 aromatic heterocycles. The molecule has 54 heavy (non-hydrogen) atoms. The van der Waals surface area contributed by atoms with Gasteiger partial charge in [0.1, 0.15) is 0 Å². The second-order valence-electron chi connectivity index (χ2n) is 15.2. The average molecular weight is 692 g/mol. The monoisotopic (exact) mass is 691 g/mol. The molecule has 2 aliphatic carbocycles. The van der Waals surface area contributed by atoms with Crippen molar-refractivity contribution in [3.05, 3.63) is 216 Å². The molecule has 0 radical (unpaired) electrons. The molecule has 0 fully saturated rings. The first kappa shape index (κ1) is 32.2. The Balaban J connectivity index is 1.17. The van der Waals surface area contributed by atoms with Gasteiger partial charge in [0, 0.05) is 28.1 Å². The summed E-state index contributed by atoms with van der Waals surface area (Å²) in [6.45, 7) is 4.76. The van der Waals surface area contributed by atoms with Gasteiger partial charge in [-0.15, -0.1) is 0 Å². The maximum absolute atomic E-state index is 2.55. The molecule has 0 saturated carbocycles. The molecular weight excluding hydrogens is 651 g/mol. The molecule has 0 amide bonds. The van der Waals surface area contributed by atoms with E-state index in [1.807, 2.05) is 0 Å². The van der Waals surface area contributed by atoms with Crippen molar-refractivity contribution in [1.29, 1.82) is 0 Å². The van der Waals surface area contributed by atoms with E-state index in [2.05, 4.69) is 213 Å². The summed E-state index contributed by atoms with van der Waals surface area (Å²) in [6, 6.07) is 66.9. The van der Waals surface area contributed by atoms with Gasteiger partial charge in [0.2, 0.25) is 0 Å². The second-order valence-corrected chi connectivity index (χ2v) is 15.2. The van der Waals surface area contributed by atoms with Crippen molar-refractivity contribution in [2.24, 2.45) is 0 Å². The lowest BCUT2D eigenvalue weighted by molar-refractivity contribution is 0.648. The van der Waals surface area contributed by atoms with Crippen molar-refractivity contribution < 1.29 is 0 Å². The molecule has 1 unspecified atom stereocenters. The molecule has 0 N–H and O–H groups in total. The van der Waals surface area contributed by atoms with Gasteiger partial charge in [-0.3, -0.25) is 0 Å². The summed E-state index contributed by atoms with van der Waals surface area (Å²) in [7, 11) is 0. The van der Waals surface area contributed by atoms with Crippen LogP contribution in [0, 0.1) is 0 Å². The van der Waals surface area contributed by atoms with Crippen LogP contribution in [0.25, 0.3) is 49.4 Å². The van der Waals surface area contributed by atoms with Gasteiger partial charge in [0.25, 0.3) is 0 Å². The quantitative estimate of drug-likeness (QED) is 0.168. The third-order valence-corrected chi connectivity index (χ3v) is 11.8. The van der Waals surface area contributed by atoms with Gasteiger partial charge < -0.3 is 4.90 Å². The van der Waals surface area contributed by atoms with Gasteiger partial charge in [0.05, 0.1) is 11.4 Å². The zero-order valence-corrected chi connectivity index (χ0v) is 30.7. The van der Waals surface area contributed by atoms with Crippen LogP contribution >= 0.6 is 0 Å². The van der Waals surface area contributed by atoms with Crippen molar-refractivity contribution in [2.75, 3.05) is 4.90 Å². The number of fused-ring (bicyclic) bond motifs is 5. The Morgan fingerprint density at radius 3 is 1.61 bits per heavy atom. The summed E-state index contributed by atoms with van der Waals surface area (Å²) in [4.78, 5) is 2.50. The van der Waals surface area contributed by atoms with Crippen LogP contribution < -0.4 is 4.90 Å². The van der Waals surface area contributed by atoms with Crippen molar-refractivity contribution in [3.8, 4) is 22.3 Å². The summed E-state index contributed by atoms with van der Waals surface area (Å²) in [5, 5.41) is 4.93. The molecule has 2 aliphatic rings. The average Bonchev–Trinajstić information content (AvgIpc) is 3.47. The number of hydrogen-bond donors (Lipinski definition) is 0. The molecule has 0 spiro atoms. The molecular formula is C53H41N. The van der Waals surface area contributed by atoms with Gasteiger partial charge in [-0.2, -0.15) is 0 Å². The number of nitrogens with zero attached hydrogens (tertiary/aromatic N) is 1.